The third-order valence-electron chi connectivity index (χ3n) is 3.72. The van der Waals surface area contributed by atoms with Gasteiger partial charge in [0.05, 0.1) is 12.1 Å². The van der Waals surface area contributed by atoms with Gasteiger partial charge in [-0.3, -0.25) is 4.98 Å². The maximum atomic E-state index is 5.44. The lowest BCUT2D eigenvalue weighted by atomic mass is 10.0. The molecule has 0 spiro atoms. The Bertz CT molecular complexity index is 542. The van der Waals surface area contributed by atoms with E-state index in [0.29, 0.717) is 23.5 Å². The Morgan fingerprint density at radius 2 is 2.30 bits per heavy atom. The van der Waals surface area contributed by atoms with Crippen molar-refractivity contribution >= 4 is 0 Å². The monoisotopic (exact) mass is 273 g/mol. The molecular weight excluding hydrogens is 254 g/mol. The van der Waals surface area contributed by atoms with E-state index >= 15 is 0 Å². The van der Waals surface area contributed by atoms with Gasteiger partial charge < -0.3 is 9.84 Å². The Kier molecular flexibility index (Phi) is 4.01. The van der Waals surface area contributed by atoms with Crippen molar-refractivity contribution in [3.63, 3.8) is 0 Å². The molecule has 0 aliphatic heterocycles. The summed E-state index contributed by atoms with van der Waals surface area (Å²) in [6.07, 6.45) is 9.53. The molecule has 6 nitrogen and oxygen atoms in total. The first-order valence-electron chi connectivity index (χ1n) is 7.22. The molecule has 2 aromatic rings. The molecule has 1 aliphatic carbocycles. The predicted molar refractivity (Wildman–Crippen MR) is 74.0 cm³/mol. The molecule has 1 saturated carbocycles. The zero-order valence-corrected chi connectivity index (χ0v) is 11.6. The first kappa shape index (κ1) is 13.2. The largest absolute Gasteiger partial charge is 0.339 e. The smallest absolute Gasteiger partial charge is 0.231 e. The first-order chi connectivity index (χ1) is 9.88. The highest BCUT2D eigenvalue weighted by atomic mass is 16.5. The van der Waals surface area contributed by atoms with Gasteiger partial charge in [-0.15, -0.1) is 0 Å². The second kappa shape index (κ2) is 6.09. The van der Waals surface area contributed by atoms with Crippen LogP contribution in [0.25, 0.3) is 11.5 Å². The van der Waals surface area contributed by atoms with E-state index in [-0.39, 0.29) is 0 Å². The highest BCUT2D eigenvalue weighted by Crippen LogP contribution is 2.34. The Hall–Kier alpha value is -1.82. The van der Waals surface area contributed by atoms with Gasteiger partial charge in [-0.05, 0) is 25.8 Å². The molecule has 0 saturated heterocycles. The van der Waals surface area contributed by atoms with Crippen molar-refractivity contribution in [1.29, 1.82) is 0 Å². The van der Waals surface area contributed by atoms with Gasteiger partial charge >= 0.3 is 0 Å². The lowest BCUT2D eigenvalue weighted by molar-refractivity contribution is 0.330. The Labute approximate surface area is 118 Å². The van der Waals surface area contributed by atoms with E-state index in [0.717, 1.165) is 25.3 Å². The molecule has 2 unspecified atom stereocenters. The van der Waals surface area contributed by atoms with Crippen LogP contribution in [-0.4, -0.2) is 32.7 Å². The second-order valence-corrected chi connectivity index (χ2v) is 5.14. The third-order valence-corrected chi connectivity index (χ3v) is 3.72. The van der Waals surface area contributed by atoms with Crippen molar-refractivity contribution in [2.75, 3.05) is 6.54 Å². The van der Waals surface area contributed by atoms with Crippen LogP contribution in [0.4, 0.5) is 0 Å². The third kappa shape index (κ3) is 2.70. The van der Waals surface area contributed by atoms with Crippen LogP contribution in [0.15, 0.2) is 23.1 Å². The summed E-state index contributed by atoms with van der Waals surface area (Å²) in [5.74, 6) is 1.56. The molecule has 2 atom stereocenters. The summed E-state index contributed by atoms with van der Waals surface area (Å²) in [6.45, 7) is 3.21. The number of hydrogen-bond acceptors (Lipinski definition) is 6. The minimum absolute atomic E-state index is 0.319. The molecule has 1 aliphatic rings. The molecule has 2 heterocycles. The predicted octanol–water partition coefficient (Wildman–Crippen LogP) is 2.16. The molecule has 3 rings (SSSR count). The van der Waals surface area contributed by atoms with Crippen LogP contribution in [0.2, 0.25) is 0 Å². The fraction of sp³-hybridized carbons (Fsp3) is 0.571. The summed E-state index contributed by atoms with van der Waals surface area (Å²) in [5, 5.41) is 7.60. The maximum absolute atomic E-state index is 5.44. The molecule has 0 amide bonds. The zero-order chi connectivity index (χ0) is 13.8. The van der Waals surface area contributed by atoms with Gasteiger partial charge in [0.15, 0.2) is 0 Å². The number of nitrogens with one attached hydrogen (secondary N) is 1. The van der Waals surface area contributed by atoms with Crippen molar-refractivity contribution in [2.45, 2.75) is 44.6 Å². The molecule has 1 fully saturated rings. The normalized spacial score (nSPS) is 22.2. The summed E-state index contributed by atoms with van der Waals surface area (Å²) < 4.78 is 5.44. The highest BCUT2D eigenvalue weighted by Gasteiger charge is 2.32. The van der Waals surface area contributed by atoms with Crippen molar-refractivity contribution in [1.82, 2.24) is 25.4 Å². The fourth-order valence-electron chi connectivity index (χ4n) is 2.73. The Morgan fingerprint density at radius 1 is 1.35 bits per heavy atom. The minimum Gasteiger partial charge on any atom is -0.339 e. The zero-order valence-electron chi connectivity index (χ0n) is 11.6. The van der Waals surface area contributed by atoms with Gasteiger partial charge in [0.25, 0.3) is 0 Å². The standard InChI is InChI=1S/C14H19N5O/c1-2-6-16-11-5-3-4-10(11)14-18-13(19-20-14)12-9-15-7-8-17-12/h7-11,16H,2-6H2,1H3. The Balaban J connectivity index is 1.76. The quantitative estimate of drug-likeness (QED) is 0.899. The van der Waals surface area contributed by atoms with E-state index in [1.54, 1.807) is 18.6 Å². The molecule has 1 N–H and O–H groups in total. The second-order valence-electron chi connectivity index (χ2n) is 5.14. The van der Waals surface area contributed by atoms with Gasteiger partial charge in [-0.1, -0.05) is 18.5 Å². The highest BCUT2D eigenvalue weighted by molar-refractivity contribution is 5.45. The van der Waals surface area contributed by atoms with Crippen molar-refractivity contribution in [3.05, 3.63) is 24.5 Å². The molecule has 20 heavy (non-hydrogen) atoms. The van der Waals surface area contributed by atoms with E-state index < -0.39 is 0 Å². The summed E-state index contributed by atoms with van der Waals surface area (Å²) in [7, 11) is 0. The fourth-order valence-corrected chi connectivity index (χ4v) is 2.73. The molecule has 106 valence electrons. The van der Waals surface area contributed by atoms with E-state index in [1.807, 2.05) is 0 Å². The number of hydrogen-bond donors (Lipinski definition) is 1. The van der Waals surface area contributed by atoms with Crippen LogP contribution >= 0.6 is 0 Å². The lowest BCUT2D eigenvalue weighted by Gasteiger charge is -2.17. The first-order valence-corrected chi connectivity index (χ1v) is 7.22. The van der Waals surface area contributed by atoms with Crippen LogP contribution in [0, 0.1) is 0 Å². The minimum atomic E-state index is 0.319. The van der Waals surface area contributed by atoms with E-state index in [9.17, 15) is 0 Å². The van der Waals surface area contributed by atoms with Gasteiger partial charge in [0.2, 0.25) is 11.7 Å². The van der Waals surface area contributed by atoms with Gasteiger partial charge in [0, 0.05) is 18.4 Å². The van der Waals surface area contributed by atoms with Gasteiger partial charge in [-0.25, -0.2) is 4.98 Å². The molecular formula is C14H19N5O. The van der Waals surface area contributed by atoms with Crippen LogP contribution in [0.3, 0.4) is 0 Å². The van der Waals surface area contributed by atoms with Crippen molar-refractivity contribution < 1.29 is 4.52 Å². The average molecular weight is 273 g/mol. The van der Waals surface area contributed by atoms with Crippen LogP contribution in [0.5, 0.6) is 0 Å². The van der Waals surface area contributed by atoms with Gasteiger partial charge in [-0.2, -0.15) is 4.98 Å². The molecule has 2 aromatic heterocycles. The van der Waals surface area contributed by atoms with Crippen LogP contribution < -0.4 is 5.32 Å². The van der Waals surface area contributed by atoms with Crippen LogP contribution in [0.1, 0.15) is 44.4 Å². The number of rotatable bonds is 5. The SMILES string of the molecule is CCCNC1CCCC1c1nc(-c2cnccn2)no1. The van der Waals surface area contributed by atoms with Gasteiger partial charge in [0.1, 0.15) is 5.69 Å². The number of nitrogens with zero attached hydrogens (tertiary/aromatic N) is 4. The molecule has 0 bridgehead atoms. The summed E-state index contributed by atoms with van der Waals surface area (Å²) in [4.78, 5) is 12.7. The molecule has 0 radical (unpaired) electrons. The average Bonchev–Trinajstić information content (AvgIpc) is 3.14. The topological polar surface area (TPSA) is 76.7 Å². The van der Waals surface area contributed by atoms with Crippen molar-refractivity contribution in [2.24, 2.45) is 0 Å². The summed E-state index contributed by atoms with van der Waals surface area (Å²) >= 11 is 0. The van der Waals surface area contributed by atoms with E-state index in [1.165, 1.54) is 12.8 Å². The number of aromatic nitrogens is 4. The van der Waals surface area contributed by atoms with E-state index in [4.69, 9.17) is 4.52 Å². The van der Waals surface area contributed by atoms with Crippen LogP contribution in [-0.2, 0) is 0 Å². The van der Waals surface area contributed by atoms with Crippen molar-refractivity contribution in [3.8, 4) is 11.5 Å². The maximum Gasteiger partial charge on any atom is 0.231 e. The molecule has 0 aromatic carbocycles. The Morgan fingerprint density at radius 3 is 3.10 bits per heavy atom. The lowest BCUT2D eigenvalue weighted by Crippen LogP contribution is -2.31. The van der Waals surface area contributed by atoms with E-state index in [2.05, 4.69) is 32.3 Å². The molecule has 6 heteroatoms. The summed E-state index contributed by atoms with van der Waals surface area (Å²) in [6, 6.07) is 0.449. The summed E-state index contributed by atoms with van der Waals surface area (Å²) in [5.41, 5.74) is 0.651.